The molecule has 5 heteroatoms. The van der Waals surface area contributed by atoms with Gasteiger partial charge in [0.05, 0.1) is 5.56 Å². The van der Waals surface area contributed by atoms with Gasteiger partial charge in [-0.15, -0.1) is 0 Å². The second-order valence-corrected chi connectivity index (χ2v) is 3.89. The number of nitrogens with one attached hydrogen (secondary N) is 1. The van der Waals surface area contributed by atoms with Crippen molar-refractivity contribution in [2.75, 3.05) is 5.32 Å². The van der Waals surface area contributed by atoms with Gasteiger partial charge in [-0.1, -0.05) is 6.07 Å². The summed E-state index contributed by atoms with van der Waals surface area (Å²) in [5.41, 5.74) is 0.829. The lowest BCUT2D eigenvalue weighted by Gasteiger charge is -2.06. The lowest BCUT2D eigenvalue weighted by atomic mass is 10.1. The lowest BCUT2D eigenvalue weighted by Crippen LogP contribution is -2.12. The van der Waals surface area contributed by atoms with E-state index in [0.717, 1.165) is 0 Å². The molecule has 0 aliphatic carbocycles. The van der Waals surface area contributed by atoms with Crippen LogP contribution in [0.25, 0.3) is 0 Å². The Kier molecular flexibility index (Phi) is 3.47. The van der Waals surface area contributed by atoms with E-state index < -0.39 is 11.9 Å². The molecule has 2 aromatic rings. The monoisotopic (exact) mass is 257 g/mol. The van der Waals surface area contributed by atoms with Crippen molar-refractivity contribution in [3.63, 3.8) is 0 Å². The molecule has 0 atom stereocenters. The quantitative estimate of drug-likeness (QED) is 0.736. The number of rotatable bonds is 3. The predicted molar refractivity (Wildman–Crippen MR) is 69.5 cm³/mol. The molecule has 0 heterocycles. The largest absolute Gasteiger partial charge is 0.508 e. The maximum atomic E-state index is 11.9. The zero-order valence-electron chi connectivity index (χ0n) is 9.83. The summed E-state index contributed by atoms with van der Waals surface area (Å²) >= 11 is 0. The number of amides is 1. The molecular weight excluding hydrogens is 246 g/mol. The minimum atomic E-state index is -1.08. The van der Waals surface area contributed by atoms with Crippen molar-refractivity contribution in [3.8, 4) is 5.75 Å². The smallest absolute Gasteiger partial charge is 0.335 e. The Labute approximate surface area is 109 Å². The van der Waals surface area contributed by atoms with E-state index in [1.54, 1.807) is 12.1 Å². The van der Waals surface area contributed by atoms with Gasteiger partial charge in [0, 0.05) is 11.3 Å². The third-order valence-electron chi connectivity index (χ3n) is 2.50. The van der Waals surface area contributed by atoms with Gasteiger partial charge in [-0.3, -0.25) is 4.79 Å². The first kappa shape index (κ1) is 12.6. The Hall–Kier alpha value is -2.82. The highest BCUT2D eigenvalue weighted by Crippen LogP contribution is 2.15. The zero-order valence-corrected chi connectivity index (χ0v) is 9.83. The van der Waals surface area contributed by atoms with Crippen molar-refractivity contribution in [1.82, 2.24) is 0 Å². The number of benzene rings is 2. The summed E-state index contributed by atoms with van der Waals surface area (Å²) in [6.07, 6.45) is 0. The van der Waals surface area contributed by atoms with Crippen molar-refractivity contribution < 1.29 is 19.8 Å². The van der Waals surface area contributed by atoms with Crippen LogP contribution in [0.5, 0.6) is 5.75 Å². The van der Waals surface area contributed by atoms with Crippen LogP contribution in [0.1, 0.15) is 20.7 Å². The minimum Gasteiger partial charge on any atom is -0.508 e. The second kappa shape index (κ2) is 5.22. The van der Waals surface area contributed by atoms with Gasteiger partial charge in [0.15, 0.2) is 0 Å². The van der Waals surface area contributed by atoms with Crippen molar-refractivity contribution in [2.24, 2.45) is 0 Å². The summed E-state index contributed by atoms with van der Waals surface area (Å²) in [5, 5.41) is 20.6. The Balaban J connectivity index is 2.18. The molecule has 2 aromatic carbocycles. The van der Waals surface area contributed by atoms with E-state index in [1.165, 1.54) is 36.4 Å². The van der Waals surface area contributed by atoms with Crippen LogP contribution in [-0.4, -0.2) is 22.1 Å². The van der Waals surface area contributed by atoms with Crippen molar-refractivity contribution in [2.45, 2.75) is 0 Å². The van der Waals surface area contributed by atoms with E-state index in [4.69, 9.17) is 10.2 Å². The molecule has 0 aliphatic heterocycles. The number of hydrogen-bond donors (Lipinski definition) is 3. The molecule has 0 aromatic heterocycles. The molecule has 0 fully saturated rings. The predicted octanol–water partition coefficient (Wildman–Crippen LogP) is 2.34. The number of hydrogen-bond acceptors (Lipinski definition) is 3. The van der Waals surface area contributed by atoms with Crippen molar-refractivity contribution in [3.05, 3.63) is 59.7 Å². The highest BCUT2D eigenvalue weighted by molar-refractivity contribution is 6.05. The maximum Gasteiger partial charge on any atom is 0.335 e. The highest BCUT2D eigenvalue weighted by atomic mass is 16.4. The summed E-state index contributed by atoms with van der Waals surface area (Å²) in [6.45, 7) is 0. The summed E-state index contributed by atoms with van der Waals surface area (Å²) < 4.78 is 0. The van der Waals surface area contributed by atoms with E-state index in [9.17, 15) is 9.59 Å². The molecule has 96 valence electrons. The van der Waals surface area contributed by atoms with E-state index >= 15 is 0 Å². The number of phenols is 1. The van der Waals surface area contributed by atoms with Gasteiger partial charge in [-0.05, 0) is 42.5 Å². The third-order valence-corrected chi connectivity index (χ3v) is 2.50. The van der Waals surface area contributed by atoms with Gasteiger partial charge in [0.2, 0.25) is 0 Å². The zero-order chi connectivity index (χ0) is 13.8. The van der Waals surface area contributed by atoms with E-state index in [-0.39, 0.29) is 16.9 Å². The van der Waals surface area contributed by atoms with Crippen LogP contribution in [0.3, 0.4) is 0 Å². The first-order valence-electron chi connectivity index (χ1n) is 5.50. The molecule has 1 amide bonds. The first-order chi connectivity index (χ1) is 9.06. The highest BCUT2D eigenvalue weighted by Gasteiger charge is 2.09. The Morgan fingerprint density at radius 2 is 1.58 bits per heavy atom. The molecule has 0 aliphatic rings. The molecule has 0 saturated heterocycles. The van der Waals surface area contributed by atoms with Crippen LogP contribution in [0, 0.1) is 0 Å². The Morgan fingerprint density at radius 1 is 0.947 bits per heavy atom. The van der Waals surface area contributed by atoms with Gasteiger partial charge in [0.1, 0.15) is 5.75 Å². The summed E-state index contributed by atoms with van der Waals surface area (Å²) in [5.74, 6) is -1.39. The fourth-order valence-corrected chi connectivity index (χ4v) is 1.54. The van der Waals surface area contributed by atoms with Crippen LogP contribution in [0.15, 0.2) is 48.5 Å². The number of aromatic carboxylic acids is 1. The molecular formula is C14H11NO4. The van der Waals surface area contributed by atoms with Gasteiger partial charge >= 0.3 is 5.97 Å². The maximum absolute atomic E-state index is 11.9. The lowest BCUT2D eigenvalue weighted by molar-refractivity contribution is 0.0697. The minimum absolute atomic E-state index is 0.0540. The molecule has 3 N–H and O–H groups in total. The van der Waals surface area contributed by atoms with Crippen LogP contribution < -0.4 is 5.32 Å². The number of anilines is 1. The first-order valence-corrected chi connectivity index (χ1v) is 5.50. The summed E-state index contributed by atoms with van der Waals surface area (Å²) in [6, 6.07) is 11.8. The average Bonchev–Trinajstić information content (AvgIpc) is 2.41. The molecule has 2 rings (SSSR count). The van der Waals surface area contributed by atoms with Crippen LogP contribution in [0.2, 0.25) is 0 Å². The normalized spacial score (nSPS) is 9.89. The van der Waals surface area contributed by atoms with Gasteiger partial charge < -0.3 is 15.5 Å². The number of carboxylic acid groups (broad SMARTS) is 1. The molecule has 0 bridgehead atoms. The molecule has 0 spiro atoms. The van der Waals surface area contributed by atoms with Crippen LogP contribution in [-0.2, 0) is 0 Å². The van der Waals surface area contributed by atoms with E-state index in [1.807, 2.05) is 0 Å². The fourth-order valence-electron chi connectivity index (χ4n) is 1.54. The standard InChI is InChI=1S/C14H11NO4/c16-12-6-4-11(5-7-12)15-13(17)9-2-1-3-10(8-9)14(18)19/h1-8,16H,(H,15,17)(H,18,19). The number of carbonyl (C=O) groups excluding carboxylic acids is 1. The number of aromatic hydroxyl groups is 1. The van der Waals surface area contributed by atoms with Gasteiger partial charge in [0.25, 0.3) is 5.91 Å². The number of phenolic OH excluding ortho intramolecular Hbond substituents is 1. The van der Waals surface area contributed by atoms with E-state index in [2.05, 4.69) is 5.32 Å². The molecule has 0 radical (unpaired) electrons. The van der Waals surface area contributed by atoms with Gasteiger partial charge in [-0.25, -0.2) is 4.79 Å². The van der Waals surface area contributed by atoms with Crippen molar-refractivity contribution >= 4 is 17.6 Å². The van der Waals surface area contributed by atoms with Crippen LogP contribution in [0.4, 0.5) is 5.69 Å². The fraction of sp³-hybridized carbons (Fsp3) is 0. The van der Waals surface area contributed by atoms with Crippen molar-refractivity contribution in [1.29, 1.82) is 0 Å². The topological polar surface area (TPSA) is 86.6 Å². The average molecular weight is 257 g/mol. The Morgan fingerprint density at radius 3 is 2.21 bits per heavy atom. The molecule has 0 saturated carbocycles. The summed E-state index contributed by atoms with van der Waals surface area (Å²) in [4.78, 5) is 22.7. The second-order valence-electron chi connectivity index (χ2n) is 3.89. The Bertz CT molecular complexity index is 620. The molecule has 19 heavy (non-hydrogen) atoms. The van der Waals surface area contributed by atoms with Gasteiger partial charge in [-0.2, -0.15) is 0 Å². The molecule has 0 unspecified atom stereocenters. The number of carboxylic acids is 1. The van der Waals surface area contributed by atoms with Crippen LogP contribution >= 0.6 is 0 Å². The molecule has 5 nitrogen and oxygen atoms in total. The van der Waals surface area contributed by atoms with E-state index in [0.29, 0.717) is 5.69 Å². The summed E-state index contributed by atoms with van der Waals surface area (Å²) in [7, 11) is 0. The SMILES string of the molecule is O=C(O)c1cccc(C(=O)Nc2ccc(O)cc2)c1. The number of carbonyl (C=O) groups is 2. The third kappa shape index (κ3) is 3.10.